The minimum atomic E-state index is -0.535. The normalized spacial score (nSPS) is 15.4. The summed E-state index contributed by atoms with van der Waals surface area (Å²) in [5.74, 6) is -0.535. The number of aryl methyl sites for hydroxylation is 1. The summed E-state index contributed by atoms with van der Waals surface area (Å²) >= 11 is 3.62. The van der Waals surface area contributed by atoms with Gasteiger partial charge in [0.25, 0.3) is 5.91 Å². The number of amides is 1. The van der Waals surface area contributed by atoms with Gasteiger partial charge in [0, 0.05) is 42.3 Å². The molecular weight excluding hydrogens is 494 g/mol. The number of benzene rings is 2. The highest BCUT2D eigenvalue weighted by atomic mass is 79.9. The van der Waals surface area contributed by atoms with Crippen LogP contribution in [0.25, 0.3) is 17.0 Å². The van der Waals surface area contributed by atoms with Gasteiger partial charge >= 0.3 is 0 Å². The monoisotopic (exact) mass is 519 g/mol. The van der Waals surface area contributed by atoms with Crippen molar-refractivity contribution in [2.24, 2.45) is 0 Å². The molecule has 1 amide bonds. The Morgan fingerprint density at radius 1 is 1.29 bits per heavy atom. The van der Waals surface area contributed by atoms with Crippen LogP contribution in [0.2, 0.25) is 0 Å². The highest BCUT2D eigenvalue weighted by Gasteiger charge is 2.29. The summed E-state index contributed by atoms with van der Waals surface area (Å²) in [4.78, 5) is 17.2. The Kier molecular flexibility index (Phi) is 6.62. The summed E-state index contributed by atoms with van der Waals surface area (Å²) in [5.41, 5.74) is 8.77. The molecule has 174 valence electrons. The molecule has 0 saturated heterocycles. The number of hydrogen-bond donors (Lipinski definition) is 4. The molecule has 0 radical (unpaired) electrons. The molecule has 0 fully saturated rings. The minimum absolute atomic E-state index is 0.300. The summed E-state index contributed by atoms with van der Waals surface area (Å²) in [6.07, 6.45) is 9.95. The van der Waals surface area contributed by atoms with Crippen LogP contribution in [-0.4, -0.2) is 37.7 Å². The molecule has 7 nitrogen and oxygen atoms in total. The molecule has 1 atom stereocenters. The van der Waals surface area contributed by atoms with E-state index in [9.17, 15) is 4.79 Å². The van der Waals surface area contributed by atoms with E-state index in [0.29, 0.717) is 6.04 Å². The number of aromatic amines is 2. The number of rotatable bonds is 8. The highest BCUT2D eigenvalue weighted by Crippen LogP contribution is 2.38. The third kappa shape index (κ3) is 4.70. The molecular formula is C26H26BrN5O2. The Morgan fingerprint density at radius 2 is 2.18 bits per heavy atom. The fourth-order valence-corrected chi connectivity index (χ4v) is 5.18. The first-order valence-electron chi connectivity index (χ1n) is 11.3. The predicted molar refractivity (Wildman–Crippen MR) is 135 cm³/mol. The lowest BCUT2D eigenvalue weighted by Gasteiger charge is -2.29. The number of H-pyrrole nitrogens is 2. The second-order valence-corrected chi connectivity index (χ2v) is 9.45. The van der Waals surface area contributed by atoms with Crippen LogP contribution in [0.1, 0.15) is 40.4 Å². The molecule has 0 spiro atoms. The largest absolute Gasteiger partial charge is 0.361 e. The summed E-state index contributed by atoms with van der Waals surface area (Å²) in [6.45, 7) is 1.68. The second kappa shape index (κ2) is 9.97. The lowest BCUT2D eigenvalue weighted by Crippen LogP contribution is -2.29. The number of para-hydroxylation sites is 1. The molecule has 4 aromatic rings. The molecule has 1 aliphatic rings. The Hall–Kier alpha value is -3.20. The van der Waals surface area contributed by atoms with Crippen molar-refractivity contribution in [3.8, 4) is 0 Å². The number of halogens is 1. The van der Waals surface area contributed by atoms with Crippen LogP contribution in [0.4, 0.5) is 0 Å². The number of aromatic nitrogens is 3. The van der Waals surface area contributed by atoms with Crippen LogP contribution in [0.3, 0.4) is 0 Å². The Labute approximate surface area is 206 Å². The van der Waals surface area contributed by atoms with Crippen molar-refractivity contribution >= 4 is 38.8 Å². The van der Waals surface area contributed by atoms with E-state index in [-0.39, 0.29) is 0 Å². The molecule has 34 heavy (non-hydrogen) atoms. The number of hydrogen-bond acceptors (Lipinski definition) is 4. The highest BCUT2D eigenvalue weighted by molar-refractivity contribution is 9.10. The first-order valence-corrected chi connectivity index (χ1v) is 12.1. The molecule has 5 rings (SSSR count). The molecule has 2 aromatic carbocycles. The zero-order valence-corrected chi connectivity index (χ0v) is 20.2. The minimum Gasteiger partial charge on any atom is -0.361 e. The van der Waals surface area contributed by atoms with Crippen molar-refractivity contribution in [1.29, 1.82) is 0 Å². The maximum absolute atomic E-state index is 11.3. The van der Waals surface area contributed by atoms with Crippen molar-refractivity contribution in [3.63, 3.8) is 0 Å². The average Bonchev–Trinajstić information content (AvgIpc) is 3.58. The van der Waals surface area contributed by atoms with E-state index in [0.717, 1.165) is 48.1 Å². The fourth-order valence-electron chi connectivity index (χ4n) is 4.87. The van der Waals surface area contributed by atoms with Crippen LogP contribution < -0.4 is 5.48 Å². The first kappa shape index (κ1) is 22.6. The molecule has 1 unspecified atom stereocenters. The van der Waals surface area contributed by atoms with E-state index in [4.69, 9.17) is 5.21 Å². The lowest BCUT2D eigenvalue weighted by atomic mass is 10.0. The van der Waals surface area contributed by atoms with Gasteiger partial charge in [0.05, 0.1) is 16.4 Å². The maximum Gasteiger partial charge on any atom is 0.267 e. The first-order chi connectivity index (χ1) is 16.6. The fraction of sp³-hybridized carbons (Fsp3) is 0.231. The SMILES string of the molecule is O=C(/C=C/c1ccc2c(c1)CCC2N(CCc1c[nH]c2ccccc12)Cc1[nH]ncc1Br)NO. The number of carbonyl (C=O) groups is 1. The van der Waals surface area contributed by atoms with Gasteiger partial charge in [-0.1, -0.05) is 36.4 Å². The molecule has 8 heteroatoms. The van der Waals surface area contributed by atoms with Gasteiger partial charge in [-0.3, -0.25) is 20.0 Å². The van der Waals surface area contributed by atoms with Gasteiger partial charge in [0.1, 0.15) is 0 Å². The van der Waals surface area contributed by atoms with Gasteiger partial charge in [-0.05, 0) is 69.6 Å². The van der Waals surface area contributed by atoms with Crippen molar-refractivity contribution in [2.45, 2.75) is 31.8 Å². The van der Waals surface area contributed by atoms with Crippen LogP contribution in [-0.2, 0) is 24.2 Å². The van der Waals surface area contributed by atoms with Gasteiger partial charge in [-0.25, -0.2) is 5.48 Å². The van der Waals surface area contributed by atoms with Crippen LogP contribution in [0.15, 0.2) is 65.4 Å². The Morgan fingerprint density at radius 3 is 3.00 bits per heavy atom. The number of hydroxylamine groups is 1. The van der Waals surface area contributed by atoms with E-state index < -0.39 is 5.91 Å². The molecule has 0 bridgehead atoms. The molecule has 1 aliphatic carbocycles. The van der Waals surface area contributed by atoms with Crippen molar-refractivity contribution in [2.75, 3.05) is 6.54 Å². The zero-order chi connectivity index (χ0) is 23.5. The van der Waals surface area contributed by atoms with E-state index in [1.807, 2.05) is 6.07 Å². The molecule has 2 heterocycles. The number of carbonyl (C=O) groups excluding carboxylic acids is 1. The molecule has 2 aromatic heterocycles. The van der Waals surface area contributed by atoms with Crippen LogP contribution in [0.5, 0.6) is 0 Å². The van der Waals surface area contributed by atoms with E-state index >= 15 is 0 Å². The second-order valence-electron chi connectivity index (χ2n) is 8.60. The predicted octanol–water partition coefficient (Wildman–Crippen LogP) is 4.90. The van der Waals surface area contributed by atoms with E-state index in [2.05, 4.69) is 78.6 Å². The van der Waals surface area contributed by atoms with Gasteiger partial charge < -0.3 is 4.98 Å². The van der Waals surface area contributed by atoms with E-state index in [1.54, 1.807) is 17.8 Å². The number of nitrogens with one attached hydrogen (secondary N) is 3. The van der Waals surface area contributed by atoms with Gasteiger partial charge in [-0.2, -0.15) is 5.10 Å². The summed E-state index contributed by atoms with van der Waals surface area (Å²) in [5, 5.41) is 17.3. The van der Waals surface area contributed by atoms with Crippen molar-refractivity contribution in [1.82, 2.24) is 25.6 Å². The smallest absolute Gasteiger partial charge is 0.267 e. The van der Waals surface area contributed by atoms with Crippen LogP contribution >= 0.6 is 15.9 Å². The number of fused-ring (bicyclic) bond motifs is 2. The van der Waals surface area contributed by atoms with Gasteiger partial charge in [0.2, 0.25) is 0 Å². The maximum atomic E-state index is 11.3. The average molecular weight is 520 g/mol. The van der Waals surface area contributed by atoms with Gasteiger partial charge in [0.15, 0.2) is 0 Å². The van der Waals surface area contributed by atoms with Crippen molar-refractivity contribution in [3.05, 3.63) is 93.4 Å². The Balaban J connectivity index is 1.39. The number of nitrogens with zero attached hydrogens (tertiary/aromatic N) is 2. The standard InChI is InChI=1S/C26H26BrN5O2/c27-22-15-29-30-24(22)16-32(12-11-19-14-28-23-4-2-1-3-20(19)23)25-9-7-18-13-17(5-8-21(18)25)6-10-26(33)31-34/h1-6,8,10,13-15,25,28,34H,7,9,11-12,16H2,(H,29,30)(H,31,33)/b10-6+. The summed E-state index contributed by atoms with van der Waals surface area (Å²) < 4.78 is 0.991. The third-order valence-corrected chi connectivity index (χ3v) is 7.24. The molecule has 0 aliphatic heterocycles. The zero-order valence-electron chi connectivity index (χ0n) is 18.6. The quantitative estimate of drug-likeness (QED) is 0.151. The Bertz CT molecular complexity index is 1340. The van der Waals surface area contributed by atoms with Gasteiger partial charge in [-0.15, -0.1) is 0 Å². The third-order valence-electron chi connectivity index (χ3n) is 6.56. The topological polar surface area (TPSA) is 97.0 Å². The molecule has 4 N–H and O–H groups in total. The lowest BCUT2D eigenvalue weighted by molar-refractivity contribution is -0.124. The summed E-state index contributed by atoms with van der Waals surface area (Å²) in [6, 6.07) is 15.1. The van der Waals surface area contributed by atoms with Crippen LogP contribution in [0, 0.1) is 0 Å². The molecule has 0 saturated carbocycles. The summed E-state index contributed by atoms with van der Waals surface area (Å²) in [7, 11) is 0. The van der Waals surface area contributed by atoms with Crippen molar-refractivity contribution < 1.29 is 10.0 Å². The van der Waals surface area contributed by atoms with E-state index in [1.165, 1.54) is 33.7 Å².